The van der Waals surface area contributed by atoms with Crippen molar-refractivity contribution in [3.63, 3.8) is 0 Å². The SMILES string of the molecule is CCNCCCc1ccc2nc[nH]c2c1. The summed E-state index contributed by atoms with van der Waals surface area (Å²) >= 11 is 0. The molecule has 0 aliphatic carbocycles. The Kier molecular flexibility index (Phi) is 3.35. The lowest BCUT2D eigenvalue weighted by molar-refractivity contribution is 0.673. The van der Waals surface area contributed by atoms with Crippen LogP contribution in [0.15, 0.2) is 24.5 Å². The third kappa shape index (κ3) is 2.57. The topological polar surface area (TPSA) is 40.7 Å². The van der Waals surface area contributed by atoms with Gasteiger partial charge in [-0.15, -0.1) is 0 Å². The highest BCUT2D eigenvalue weighted by molar-refractivity contribution is 5.74. The molecule has 0 saturated carbocycles. The number of nitrogens with one attached hydrogen (secondary N) is 2. The number of aryl methyl sites for hydroxylation is 1. The Balaban J connectivity index is 1.96. The number of imidazole rings is 1. The zero-order valence-corrected chi connectivity index (χ0v) is 9.09. The van der Waals surface area contributed by atoms with Gasteiger partial charge in [0.15, 0.2) is 0 Å². The van der Waals surface area contributed by atoms with E-state index >= 15 is 0 Å². The summed E-state index contributed by atoms with van der Waals surface area (Å²) in [5.41, 5.74) is 3.56. The van der Waals surface area contributed by atoms with Gasteiger partial charge in [-0.05, 0) is 43.6 Å². The molecule has 0 aliphatic rings. The van der Waals surface area contributed by atoms with Gasteiger partial charge in [0.05, 0.1) is 17.4 Å². The zero-order chi connectivity index (χ0) is 10.5. The lowest BCUT2D eigenvalue weighted by Gasteiger charge is -2.02. The number of aromatic nitrogens is 2. The second kappa shape index (κ2) is 4.94. The van der Waals surface area contributed by atoms with Gasteiger partial charge in [0.25, 0.3) is 0 Å². The smallest absolute Gasteiger partial charge is 0.0931 e. The number of hydrogen-bond acceptors (Lipinski definition) is 2. The highest BCUT2D eigenvalue weighted by atomic mass is 14.9. The minimum Gasteiger partial charge on any atom is -0.345 e. The summed E-state index contributed by atoms with van der Waals surface area (Å²) in [6, 6.07) is 6.43. The van der Waals surface area contributed by atoms with Crippen LogP contribution in [0, 0.1) is 0 Å². The third-order valence-corrected chi connectivity index (χ3v) is 2.55. The Labute approximate surface area is 89.9 Å². The van der Waals surface area contributed by atoms with Crippen LogP contribution in [0.25, 0.3) is 11.0 Å². The molecule has 3 nitrogen and oxygen atoms in total. The molecular formula is C12H17N3. The zero-order valence-electron chi connectivity index (χ0n) is 9.09. The fourth-order valence-corrected chi connectivity index (χ4v) is 1.73. The number of H-pyrrole nitrogens is 1. The molecular weight excluding hydrogens is 186 g/mol. The summed E-state index contributed by atoms with van der Waals surface area (Å²) in [6.07, 6.45) is 4.06. The molecule has 1 aromatic heterocycles. The average Bonchev–Trinajstić information content (AvgIpc) is 2.71. The van der Waals surface area contributed by atoms with Crippen LogP contribution < -0.4 is 5.32 Å². The number of hydrogen-bond donors (Lipinski definition) is 2. The van der Waals surface area contributed by atoms with Crippen molar-refractivity contribution in [3.8, 4) is 0 Å². The number of rotatable bonds is 5. The van der Waals surface area contributed by atoms with E-state index in [1.165, 1.54) is 12.0 Å². The molecule has 0 bridgehead atoms. The van der Waals surface area contributed by atoms with Crippen LogP contribution >= 0.6 is 0 Å². The summed E-state index contributed by atoms with van der Waals surface area (Å²) in [5.74, 6) is 0. The van der Waals surface area contributed by atoms with Gasteiger partial charge in [-0.2, -0.15) is 0 Å². The maximum atomic E-state index is 4.20. The molecule has 1 heterocycles. The Bertz CT molecular complexity index is 419. The van der Waals surface area contributed by atoms with Crippen LogP contribution in [0.1, 0.15) is 18.9 Å². The van der Waals surface area contributed by atoms with E-state index in [1.54, 1.807) is 6.33 Å². The average molecular weight is 203 g/mol. The summed E-state index contributed by atoms with van der Waals surface area (Å²) in [6.45, 7) is 4.29. The van der Waals surface area contributed by atoms with Crippen molar-refractivity contribution in [1.82, 2.24) is 15.3 Å². The first-order chi connectivity index (χ1) is 7.40. The van der Waals surface area contributed by atoms with Crippen molar-refractivity contribution < 1.29 is 0 Å². The normalized spacial score (nSPS) is 11.0. The second-order valence-corrected chi connectivity index (χ2v) is 3.71. The quantitative estimate of drug-likeness (QED) is 0.731. The number of benzene rings is 1. The molecule has 0 atom stereocenters. The fourth-order valence-electron chi connectivity index (χ4n) is 1.73. The summed E-state index contributed by atoms with van der Waals surface area (Å²) in [4.78, 5) is 7.34. The van der Waals surface area contributed by atoms with Crippen LogP contribution in [-0.2, 0) is 6.42 Å². The summed E-state index contributed by atoms with van der Waals surface area (Å²) in [5, 5.41) is 3.33. The molecule has 0 fully saturated rings. The molecule has 80 valence electrons. The van der Waals surface area contributed by atoms with Gasteiger partial charge >= 0.3 is 0 Å². The molecule has 2 rings (SSSR count). The molecule has 0 radical (unpaired) electrons. The molecule has 1 aromatic carbocycles. The highest BCUT2D eigenvalue weighted by Gasteiger charge is 1.97. The first-order valence-corrected chi connectivity index (χ1v) is 5.53. The first kappa shape index (κ1) is 10.2. The van der Waals surface area contributed by atoms with E-state index in [9.17, 15) is 0 Å². The van der Waals surface area contributed by atoms with E-state index in [1.807, 2.05) is 0 Å². The third-order valence-electron chi connectivity index (χ3n) is 2.55. The molecule has 0 amide bonds. The first-order valence-electron chi connectivity index (χ1n) is 5.53. The Hall–Kier alpha value is -1.35. The highest BCUT2D eigenvalue weighted by Crippen LogP contribution is 2.12. The molecule has 0 saturated heterocycles. The summed E-state index contributed by atoms with van der Waals surface area (Å²) in [7, 11) is 0. The van der Waals surface area contributed by atoms with E-state index in [4.69, 9.17) is 0 Å². The van der Waals surface area contributed by atoms with Gasteiger partial charge in [-0.25, -0.2) is 4.98 Å². The van der Waals surface area contributed by atoms with Crippen LogP contribution in [0.5, 0.6) is 0 Å². The van der Waals surface area contributed by atoms with E-state index < -0.39 is 0 Å². The Morgan fingerprint density at radius 1 is 1.40 bits per heavy atom. The van der Waals surface area contributed by atoms with Crippen molar-refractivity contribution >= 4 is 11.0 Å². The minimum atomic E-state index is 1.05. The lowest BCUT2D eigenvalue weighted by atomic mass is 10.1. The molecule has 3 heteroatoms. The van der Waals surface area contributed by atoms with E-state index in [0.717, 1.165) is 30.5 Å². The van der Waals surface area contributed by atoms with Crippen molar-refractivity contribution in [3.05, 3.63) is 30.1 Å². The summed E-state index contributed by atoms with van der Waals surface area (Å²) < 4.78 is 0. The van der Waals surface area contributed by atoms with Gasteiger partial charge in [-0.1, -0.05) is 13.0 Å². The van der Waals surface area contributed by atoms with Gasteiger partial charge in [0, 0.05) is 0 Å². The minimum absolute atomic E-state index is 1.05. The number of fused-ring (bicyclic) bond motifs is 1. The molecule has 2 N–H and O–H groups in total. The Morgan fingerprint density at radius 2 is 2.33 bits per heavy atom. The van der Waals surface area contributed by atoms with Crippen LogP contribution in [0.3, 0.4) is 0 Å². The van der Waals surface area contributed by atoms with Crippen LogP contribution in [0.2, 0.25) is 0 Å². The standard InChI is InChI=1S/C12H17N3/c1-2-13-7-3-4-10-5-6-11-12(8-10)15-9-14-11/h5-6,8-9,13H,2-4,7H2,1H3,(H,14,15). The fraction of sp³-hybridized carbons (Fsp3) is 0.417. The predicted octanol–water partition coefficient (Wildman–Crippen LogP) is 2.10. The molecule has 0 unspecified atom stereocenters. The van der Waals surface area contributed by atoms with Crippen molar-refractivity contribution in [2.24, 2.45) is 0 Å². The molecule has 15 heavy (non-hydrogen) atoms. The van der Waals surface area contributed by atoms with Crippen molar-refractivity contribution in [2.45, 2.75) is 19.8 Å². The van der Waals surface area contributed by atoms with Gasteiger partial charge in [0.2, 0.25) is 0 Å². The van der Waals surface area contributed by atoms with E-state index in [-0.39, 0.29) is 0 Å². The predicted molar refractivity (Wildman–Crippen MR) is 63.0 cm³/mol. The molecule has 0 aliphatic heterocycles. The lowest BCUT2D eigenvalue weighted by Crippen LogP contribution is -2.14. The Morgan fingerprint density at radius 3 is 3.20 bits per heavy atom. The number of nitrogens with zero attached hydrogens (tertiary/aromatic N) is 1. The van der Waals surface area contributed by atoms with E-state index in [0.29, 0.717) is 0 Å². The monoisotopic (exact) mass is 203 g/mol. The molecule has 0 spiro atoms. The maximum Gasteiger partial charge on any atom is 0.0931 e. The van der Waals surface area contributed by atoms with Gasteiger partial charge in [-0.3, -0.25) is 0 Å². The van der Waals surface area contributed by atoms with Crippen LogP contribution in [0.4, 0.5) is 0 Å². The largest absolute Gasteiger partial charge is 0.345 e. The van der Waals surface area contributed by atoms with Gasteiger partial charge in [0.1, 0.15) is 0 Å². The maximum absolute atomic E-state index is 4.20. The number of aromatic amines is 1. The van der Waals surface area contributed by atoms with E-state index in [2.05, 4.69) is 40.4 Å². The van der Waals surface area contributed by atoms with Crippen LogP contribution in [-0.4, -0.2) is 23.1 Å². The van der Waals surface area contributed by atoms with Gasteiger partial charge < -0.3 is 10.3 Å². The second-order valence-electron chi connectivity index (χ2n) is 3.71. The molecule has 2 aromatic rings. The van der Waals surface area contributed by atoms with Crippen molar-refractivity contribution in [1.29, 1.82) is 0 Å². The van der Waals surface area contributed by atoms with Crippen molar-refractivity contribution in [2.75, 3.05) is 13.1 Å².